The van der Waals surface area contributed by atoms with Gasteiger partial charge in [0.2, 0.25) is 0 Å². The van der Waals surface area contributed by atoms with E-state index in [1.54, 1.807) is 17.1 Å². The Bertz CT molecular complexity index is 552. The molecule has 2 rings (SSSR count). The van der Waals surface area contributed by atoms with Gasteiger partial charge in [0.15, 0.2) is 0 Å². The minimum Gasteiger partial charge on any atom is -0.396 e. The molecular formula is C16H21N3O2. The van der Waals surface area contributed by atoms with E-state index in [0.717, 1.165) is 31.4 Å². The lowest BCUT2D eigenvalue weighted by atomic mass is 10.2. The van der Waals surface area contributed by atoms with Gasteiger partial charge < -0.3 is 10.4 Å². The van der Waals surface area contributed by atoms with Crippen molar-refractivity contribution in [2.24, 2.45) is 0 Å². The number of hydrogen-bond acceptors (Lipinski definition) is 3. The molecule has 0 radical (unpaired) electrons. The van der Waals surface area contributed by atoms with E-state index in [1.807, 2.05) is 30.3 Å². The molecule has 0 atom stereocenters. The third-order valence-electron chi connectivity index (χ3n) is 3.24. The summed E-state index contributed by atoms with van der Waals surface area (Å²) < 4.78 is 1.69. The Hall–Kier alpha value is -2.14. The molecule has 1 aromatic heterocycles. The first kappa shape index (κ1) is 15.3. The summed E-state index contributed by atoms with van der Waals surface area (Å²) in [4.78, 5) is 12.0. The van der Waals surface area contributed by atoms with Crippen LogP contribution >= 0.6 is 0 Å². The van der Waals surface area contributed by atoms with Crippen LogP contribution in [0.1, 0.15) is 36.0 Å². The number of para-hydroxylation sites is 1. The first-order chi connectivity index (χ1) is 10.3. The van der Waals surface area contributed by atoms with Gasteiger partial charge in [-0.3, -0.25) is 4.79 Å². The molecule has 0 saturated carbocycles. The number of aliphatic hydroxyl groups excluding tert-OH is 1. The molecule has 21 heavy (non-hydrogen) atoms. The molecule has 0 spiro atoms. The van der Waals surface area contributed by atoms with E-state index in [1.165, 1.54) is 0 Å². The van der Waals surface area contributed by atoms with E-state index in [9.17, 15) is 4.79 Å². The van der Waals surface area contributed by atoms with Crippen molar-refractivity contribution in [1.29, 1.82) is 0 Å². The van der Waals surface area contributed by atoms with Gasteiger partial charge in [0.25, 0.3) is 5.91 Å². The van der Waals surface area contributed by atoms with Gasteiger partial charge in [-0.25, -0.2) is 4.68 Å². The molecule has 1 heterocycles. The lowest BCUT2D eigenvalue weighted by molar-refractivity contribution is 0.0953. The molecule has 0 unspecified atom stereocenters. The van der Waals surface area contributed by atoms with Crippen molar-refractivity contribution in [3.8, 4) is 5.69 Å². The van der Waals surface area contributed by atoms with Crippen LogP contribution in [-0.2, 0) is 0 Å². The number of amides is 1. The van der Waals surface area contributed by atoms with Gasteiger partial charge in [-0.1, -0.05) is 31.0 Å². The number of aromatic nitrogens is 2. The van der Waals surface area contributed by atoms with E-state index < -0.39 is 0 Å². The molecule has 0 saturated heterocycles. The van der Waals surface area contributed by atoms with Gasteiger partial charge >= 0.3 is 0 Å². The maximum Gasteiger partial charge on any atom is 0.254 e. The van der Waals surface area contributed by atoms with Crippen molar-refractivity contribution in [1.82, 2.24) is 15.1 Å². The normalized spacial score (nSPS) is 10.5. The van der Waals surface area contributed by atoms with Crippen molar-refractivity contribution < 1.29 is 9.90 Å². The van der Waals surface area contributed by atoms with Crippen LogP contribution in [0.5, 0.6) is 0 Å². The number of carbonyl (C=O) groups excluding carboxylic acids is 1. The number of unbranched alkanes of at least 4 members (excludes halogenated alkanes) is 3. The van der Waals surface area contributed by atoms with Gasteiger partial charge in [-0.15, -0.1) is 0 Å². The van der Waals surface area contributed by atoms with Crippen molar-refractivity contribution >= 4 is 5.91 Å². The van der Waals surface area contributed by atoms with E-state index >= 15 is 0 Å². The zero-order valence-corrected chi connectivity index (χ0v) is 12.0. The average Bonchev–Trinajstić information content (AvgIpc) is 3.01. The first-order valence-corrected chi connectivity index (χ1v) is 7.30. The van der Waals surface area contributed by atoms with Crippen LogP contribution < -0.4 is 5.32 Å². The van der Waals surface area contributed by atoms with Crippen LogP contribution in [0.3, 0.4) is 0 Å². The molecule has 2 N–H and O–H groups in total. The van der Waals surface area contributed by atoms with Gasteiger partial charge in [0.05, 0.1) is 17.4 Å². The molecule has 112 valence electrons. The summed E-state index contributed by atoms with van der Waals surface area (Å²) in [6.45, 7) is 0.895. The first-order valence-electron chi connectivity index (χ1n) is 7.30. The summed E-state index contributed by atoms with van der Waals surface area (Å²) in [5, 5.41) is 15.8. The highest BCUT2D eigenvalue weighted by atomic mass is 16.2. The summed E-state index contributed by atoms with van der Waals surface area (Å²) in [5.41, 5.74) is 1.50. The zero-order chi connectivity index (χ0) is 14.9. The largest absolute Gasteiger partial charge is 0.396 e. The predicted molar refractivity (Wildman–Crippen MR) is 81.5 cm³/mol. The molecule has 0 aliphatic heterocycles. The number of rotatable bonds is 8. The van der Waals surface area contributed by atoms with Crippen molar-refractivity contribution in [3.05, 3.63) is 48.3 Å². The Balaban J connectivity index is 1.80. The van der Waals surface area contributed by atoms with E-state index in [2.05, 4.69) is 10.4 Å². The lowest BCUT2D eigenvalue weighted by Crippen LogP contribution is -2.24. The molecule has 5 heteroatoms. The highest BCUT2D eigenvalue weighted by molar-refractivity contribution is 5.93. The molecule has 0 bridgehead atoms. The van der Waals surface area contributed by atoms with Crippen molar-refractivity contribution in [2.45, 2.75) is 25.7 Å². The Labute approximate surface area is 124 Å². The van der Waals surface area contributed by atoms with Crippen LogP contribution in [0.25, 0.3) is 5.69 Å². The SMILES string of the molecule is O=C(NCCCCCCO)c1cnn(-c2ccccc2)c1. The van der Waals surface area contributed by atoms with Crippen molar-refractivity contribution in [2.75, 3.05) is 13.2 Å². The van der Waals surface area contributed by atoms with Crippen LogP contribution in [0.2, 0.25) is 0 Å². The van der Waals surface area contributed by atoms with Crippen LogP contribution in [0.15, 0.2) is 42.7 Å². The topological polar surface area (TPSA) is 67.2 Å². The summed E-state index contributed by atoms with van der Waals surface area (Å²) in [6.07, 6.45) is 7.09. The lowest BCUT2D eigenvalue weighted by Gasteiger charge is -2.03. The Kier molecular flexibility index (Phi) is 5.97. The summed E-state index contributed by atoms with van der Waals surface area (Å²) in [6, 6.07) is 9.69. The fraction of sp³-hybridized carbons (Fsp3) is 0.375. The molecule has 0 aliphatic rings. The zero-order valence-electron chi connectivity index (χ0n) is 12.0. The third kappa shape index (κ3) is 4.72. The maximum absolute atomic E-state index is 12.0. The minimum absolute atomic E-state index is 0.0978. The molecule has 0 aliphatic carbocycles. The summed E-state index contributed by atoms with van der Waals surface area (Å²) >= 11 is 0. The molecule has 0 fully saturated rings. The van der Waals surface area contributed by atoms with E-state index in [4.69, 9.17) is 5.11 Å². The van der Waals surface area contributed by atoms with Crippen molar-refractivity contribution in [3.63, 3.8) is 0 Å². The summed E-state index contributed by atoms with van der Waals surface area (Å²) in [7, 11) is 0. The number of benzene rings is 1. The standard InChI is InChI=1S/C16H21N3O2/c20-11-7-2-1-6-10-17-16(21)14-12-18-19(13-14)15-8-4-3-5-9-15/h3-5,8-9,12-13,20H,1-2,6-7,10-11H2,(H,17,21). The molecule has 2 aromatic rings. The molecule has 1 amide bonds. The number of nitrogens with zero attached hydrogens (tertiary/aromatic N) is 2. The Morgan fingerprint density at radius 3 is 2.67 bits per heavy atom. The number of aliphatic hydroxyl groups is 1. The quantitative estimate of drug-likeness (QED) is 0.731. The highest BCUT2D eigenvalue weighted by Crippen LogP contribution is 2.07. The minimum atomic E-state index is -0.0978. The third-order valence-corrected chi connectivity index (χ3v) is 3.24. The van der Waals surface area contributed by atoms with Crippen LogP contribution in [0, 0.1) is 0 Å². The number of carbonyl (C=O) groups is 1. The Morgan fingerprint density at radius 1 is 1.14 bits per heavy atom. The highest BCUT2D eigenvalue weighted by Gasteiger charge is 2.08. The second kappa shape index (κ2) is 8.21. The molecular weight excluding hydrogens is 266 g/mol. The van der Waals surface area contributed by atoms with E-state index in [0.29, 0.717) is 12.1 Å². The molecule has 5 nitrogen and oxygen atoms in total. The van der Waals surface area contributed by atoms with Gasteiger partial charge in [-0.2, -0.15) is 5.10 Å². The van der Waals surface area contributed by atoms with Gasteiger partial charge in [0.1, 0.15) is 0 Å². The maximum atomic E-state index is 12.0. The second-order valence-electron chi connectivity index (χ2n) is 4.90. The second-order valence-corrected chi connectivity index (χ2v) is 4.90. The van der Waals surface area contributed by atoms with Crippen LogP contribution in [0.4, 0.5) is 0 Å². The average molecular weight is 287 g/mol. The van der Waals surface area contributed by atoms with Gasteiger partial charge in [0, 0.05) is 19.3 Å². The summed E-state index contributed by atoms with van der Waals surface area (Å²) in [5.74, 6) is -0.0978. The predicted octanol–water partition coefficient (Wildman–Crippen LogP) is 2.15. The number of nitrogens with one attached hydrogen (secondary N) is 1. The Morgan fingerprint density at radius 2 is 1.90 bits per heavy atom. The van der Waals surface area contributed by atoms with E-state index in [-0.39, 0.29) is 12.5 Å². The molecule has 1 aromatic carbocycles. The van der Waals surface area contributed by atoms with Crippen LogP contribution in [-0.4, -0.2) is 33.9 Å². The fourth-order valence-electron chi connectivity index (χ4n) is 2.06. The van der Waals surface area contributed by atoms with Gasteiger partial charge in [-0.05, 0) is 25.0 Å². The monoisotopic (exact) mass is 287 g/mol. The number of hydrogen-bond donors (Lipinski definition) is 2. The fourth-order valence-corrected chi connectivity index (χ4v) is 2.06. The smallest absolute Gasteiger partial charge is 0.254 e.